The highest BCUT2D eigenvalue weighted by Gasteiger charge is 2.51. The van der Waals surface area contributed by atoms with Crippen molar-refractivity contribution in [1.82, 2.24) is 25.1 Å². The molecule has 2 fully saturated rings. The van der Waals surface area contributed by atoms with Gasteiger partial charge in [0.25, 0.3) is 0 Å². The Hall–Kier alpha value is -4.03. The van der Waals surface area contributed by atoms with Crippen LogP contribution in [-0.4, -0.2) is 69.5 Å². The van der Waals surface area contributed by atoms with Gasteiger partial charge in [-0.25, -0.2) is 9.80 Å². The molecule has 2 heterocycles. The lowest BCUT2D eigenvalue weighted by Gasteiger charge is -2.55. The van der Waals surface area contributed by atoms with Gasteiger partial charge >= 0.3 is 6.03 Å². The molecule has 0 spiro atoms. The van der Waals surface area contributed by atoms with Crippen LogP contribution >= 0.6 is 23.2 Å². The number of halogens is 2. The minimum absolute atomic E-state index is 0.0545. The lowest BCUT2D eigenvalue weighted by atomic mass is 9.98. The van der Waals surface area contributed by atoms with Crippen LogP contribution in [0.15, 0.2) is 78.9 Å². The zero-order valence-corrected chi connectivity index (χ0v) is 23.8. The van der Waals surface area contributed by atoms with Gasteiger partial charge in [0.1, 0.15) is 12.2 Å². The normalized spacial score (nSPS) is 19.1. The Kier molecular flexibility index (Phi) is 8.79. The fraction of sp³-hybridized carbons (Fsp3) is 0.258. The largest absolute Gasteiger partial charge is 0.334 e. The fourth-order valence-corrected chi connectivity index (χ4v) is 5.65. The maximum atomic E-state index is 14.0. The molecule has 2 saturated heterocycles. The number of hydrogen-bond acceptors (Lipinski definition) is 4. The quantitative estimate of drug-likeness (QED) is 0.420. The number of amides is 4. The summed E-state index contributed by atoms with van der Waals surface area (Å²) in [5.74, 6) is 2.09. The molecule has 0 aromatic heterocycles. The van der Waals surface area contributed by atoms with Crippen molar-refractivity contribution in [2.24, 2.45) is 0 Å². The molecule has 2 atom stereocenters. The van der Waals surface area contributed by atoms with Crippen molar-refractivity contribution in [3.8, 4) is 12.3 Å². The van der Waals surface area contributed by atoms with Gasteiger partial charge in [-0.3, -0.25) is 9.59 Å². The van der Waals surface area contributed by atoms with Gasteiger partial charge < -0.3 is 15.1 Å². The van der Waals surface area contributed by atoms with Crippen molar-refractivity contribution in [3.63, 3.8) is 0 Å². The zero-order chi connectivity index (χ0) is 28.9. The standard InChI is InChI=1S/C31H29Cl2N5O3/c1-2-15-36-21-29(39)37-27(17-22-9-5-3-6-10-22)30(40)35(19-24-13-14-25(32)26(33)16-24)20-28(37)38(36)31(41)34-18-23-11-7-4-8-12-23/h1,3-14,16,27-28H,15,17-21H2,(H,34,41)/t27-,28-/m0/s1. The van der Waals surface area contributed by atoms with Crippen LogP contribution in [0.2, 0.25) is 10.0 Å². The Morgan fingerprint density at radius 2 is 1.61 bits per heavy atom. The second-order valence-electron chi connectivity index (χ2n) is 9.97. The molecule has 0 saturated carbocycles. The number of piperazine rings is 1. The summed E-state index contributed by atoms with van der Waals surface area (Å²) in [6.07, 6.45) is 5.18. The molecule has 41 heavy (non-hydrogen) atoms. The molecule has 0 bridgehead atoms. The Morgan fingerprint density at radius 1 is 0.927 bits per heavy atom. The second-order valence-corrected chi connectivity index (χ2v) is 10.8. The van der Waals surface area contributed by atoms with Crippen LogP contribution in [0.1, 0.15) is 16.7 Å². The minimum Gasteiger partial charge on any atom is -0.333 e. The molecule has 1 N–H and O–H groups in total. The molecular formula is C31H29Cl2N5O3. The van der Waals surface area contributed by atoms with Crippen LogP contribution in [0.5, 0.6) is 0 Å². The van der Waals surface area contributed by atoms with Crippen LogP contribution in [0.4, 0.5) is 4.79 Å². The minimum atomic E-state index is -0.816. The first-order valence-electron chi connectivity index (χ1n) is 13.2. The van der Waals surface area contributed by atoms with E-state index in [0.29, 0.717) is 23.0 Å². The molecule has 0 unspecified atom stereocenters. The number of fused-ring (bicyclic) bond motifs is 1. The number of nitrogens with zero attached hydrogens (tertiary/aromatic N) is 4. The monoisotopic (exact) mass is 589 g/mol. The van der Waals surface area contributed by atoms with E-state index in [1.807, 2.05) is 60.7 Å². The maximum Gasteiger partial charge on any atom is 0.334 e. The number of carbonyl (C=O) groups is 3. The van der Waals surface area contributed by atoms with Crippen molar-refractivity contribution < 1.29 is 14.4 Å². The van der Waals surface area contributed by atoms with Crippen LogP contribution in [0.25, 0.3) is 0 Å². The van der Waals surface area contributed by atoms with E-state index in [0.717, 1.165) is 16.7 Å². The third-order valence-electron chi connectivity index (χ3n) is 7.23. The first kappa shape index (κ1) is 28.5. The van der Waals surface area contributed by atoms with Crippen molar-refractivity contribution in [3.05, 3.63) is 106 Å². The molecule has 3 aromatic rings. The third-order valence-corrected chi connectivity index (χ3v) is 7.97. The van der Waals surface area contributed by atoms with Crippen molar-refractivity contribution in [2.45, 2.75) is 31.7 Å². The molecule has 210 valence electrons. The number of rotatable bonds is 7. The van der Waals surface area contributed by atoms with E-state index in [9.17, 15) is 14.4 Å². The van der Waals surface area contributed by atoms with Crippen molar-refractivity contribution >= 4 is 41.0 Å². The Labute approximate surface area is 249 Å². The number of terminal acetylenes is 1. The highest BCUT2D eigenvalue weighted by molar-refractivity contribution is 6.42. The van der Waals surface area contributed by atoms with Gasteiger partial charge in [-0.2, -0.15) is 5.01 Å². The summed E-state index contributed by atoms with van der Waals surface area (Å²) in [4.78, 5) is 44.6. The average molecular weight is 591 g/mol. The summed E-state index contributed by atoms with van der Waals surface area (Å²) in [6, 6.07) is 23.0. The van der Waals surface area contributed by atoms with E-state index in [1.165, 1.54) is 5.01 Å². The molecule has 8 nitrogen and oxygen atoms in total. The molecule has 5 rings (SSSR count). The van der Waals surface area contributed by atoms with E-state index in [-0.39, 0.29) is 38.0 Å². The molecular weight excluding hydrogens is 561 g/mol. The lowest BCUT2D eigenvalue weighted by molar-refractivity contribution is -0.189. The topological polar surface area (TPSA) is 76.2 Å². The number of hydrogen-bond donors (Lipinski definition) is 1. The number of benzene rings is 3. The van der Waals surface area contributed by atoms with Gasteiger partial charge in [0.05, 0.1) is 29.7 Å². The third kappa shape index (κ3) is 6.33. The molecule has 4 amide bonds. The summed E-state index contributed by atoms with van der Waals surface area (Å²) in [5, 5.41) is 6.82. The summed E-state index contributed by atoms with van der Waals surface area (Å²) in [7, 11) is 0. The highest BCUT2D eigenvalue weighted by atomic mass is 35.5. The Bertz CT molecular complexity index is 1460. The predicted molar refractivity (Wildman–Crippen MR) is 157 cm³/mol. The van der Waals surface area contributed by atoms with Crippen molar-refractivity contribution in [1.29, 1.82) is 0 Å². The zero-order valence-electron chi connectivity index (χ0n) is 22.2. The van der Waals surface area contributed by atoms with E-state index in [1.54, 1.807) is 33.0 Å². The molecule has 10 heteroatoms. The summed E-state index contributed by atoms with van der Waals surface area (Å²) in [5.41, 5.74) is 2.61. The SMILES string of the molecule is C#CCN1CC(=O)N2[C@@H](Cc3ccccc3)C(=O)N(Cc3ccc(Cl)c(Cl)c3)C[C@@H]2N1C(=O)NCc1ccccc1. The highest BCUT2D eigenvalue weighted by Crippen LogP contribution is 2.30. The van der Waals surface area contributed by atoms with Crippen LogP contribution in [0.3, 0.4) is 0 Å². The van der Waals surface area contributed by atoms with E-state index in [4.69, 9.17) is 29.6 Å². The van der Waals surface area contributed by atoms with Crippen LogP contribution in [-0.2, 0) is 29.1 Å². The van der Waals surface area contributed by atoms with Gasteiger partial charge in [0, 0.05) is 19.5 Å². The molecule has 0 aliphatic carbocycles. The van der Waals surface area contributed by atoms with Crippen LogP contribution in [0, 0.1) is 12.3 Å². The van der Waals surface area contributed by atoms with E-state index >= 15 is 0 Å². The van der Waals surface area contributed by atoms with Gasteiger partial charge in [-0.05, 0) is 28.8 Å². The summed E-state index contributed by atoms with van der Waals surface area (Å²) < 4.78 is 0. The van der Waals surface area contributed by atoms with Gasteiger partial charge in [0.15, 0.2) is 0 Å². The predicted octanol–water partition coefficient (Wildman–Crippen LogP) is 4.18. The number of carbonyl (C=O) groups excluding carboxylic acids is 3. The van der Waals surface area contributed by atoms with E-state index in [2.05, 4.69) is 11.2 Å². The average Bonchev–Trinajstić information content (AvgIpc) is 2.97. The maximum absolute atomic E-state index is 14.0. The smallest absolute Gasteiger partial charge is 0.333 e. The van der Waals surface area contributed by atoms with Gasteiger partial charge in [-0.1, -0.05) is 95.9 Å². The van der Waals surface area contributed by atoms with Gasteiger partial charge in [-0.15, -0.1) is 6.42 Å². The van der Waals surface area contributed by atoms with Crippen molar-refractivity contribution in [2.75, 3.05) is 19.6 Å². The Morgan fingerprint density at radius 3 is 2.27 bits per heavy atom. The first-order chi connectivity index (χ1) is 19.9. The van der Waals surface area contributed by atoms with Gasteiger partial charge in [0.2, 0.25) is 11.8 Å². The lowest BCUT2D eigenvalue weighted by Crippen LogP contribution is -2.76. The second kappa shape index (κ2) is 12.6. The number of urea groups is 1. The summed E-state index contributed by atoms with van der Waals surface area (Å²) >= 11 is 12.4. The first-order valence-corrected chi connectivity index (χ1v) is 14.0. The number of hydrazine groups is 1. The molecule has 0 radical (unpaired) electrons. The Balaban J connectivity index is 1.49. The number of nitrogens with one attached hydrogen (secondary N) is 1. The fourth-order valence-electron chi connectivity index (χ4n) is 5.33. The molecule has 3 aromatic carbocycles. The molecule has 2 aliphatic heterocycles. The van der Waals surface area contributed by atoms with E-state index < -0.39 is 18.2 Å². The van der Waals surface area contributed by atoms with Crippen LogP contribution < -0.4 is 5.32 Å². The molecule has 2 aliphatic rings. The summed E-state index contributed by atoms with van der Waals surface area (Å²) in [6.45, 7) is 0.550.